The first-order valence-corrected chi connectivity index (χ1v) is 8.09. The third kappa shape index (κ3) is 5.83. The molecule has 0 bridgehead atoms. The van der Waals surface area contributed by atoms with Crippen LogP contribution in [0.15, 0.2) is 42.5 Å². The Morgan fingerprint density at radius 1 is 0.929 bits per heavy atom. The highest BCUT2D eigenvalue weighted by Crippen LogP contribution is 2.19. The van der Waals surface area contributed by atoms with Crippen molar-refractivity contribution in [2.75, 3.05) is 17.2 Å². The second-order valence-electron chi connectivity index (χ2n) is 5.96. The minimum atomic E-state index is -5.05. The van der Waals surface area contributed by atoms with Gasteiger partial charge in [-0.05, 0) is 55.3 Å². The molecule has 0 saturated heterocycles. The molecule has 0 heterocycles. The highest BCUT2D eigenvalue weighted by Gasteiger charge is 2.38. The van der Waals surface area contributed by atoms with Gasteiger partial charge in [-0.15, -0.1) is 0 Å². The minimum absolute atomic E-state index is 0.112. The van der Waals surface area contributed by atoms with Crippen molar-refractivity contribution in [3.05, 3.63) is 59.2 Å². The number of carbonyl (C=O) groups is 3. The van der Waals surface area contributed by atoms with E-state index in [9.17, 15) is 27.6 Å². The summed E-state index contributed by atoms with van der Waals surface area (Å²) in [5, 5.41) is 4.21. The van der Waals surface area contributed by atoms with E-state index in [0.29, 0.717) is 5.69 Å². The highest BCUT2D eigenvalue weighted by molar-refractivity contribution is 5.98. The van der Waals surface area contributed by atoms with Crippen LogP contribution in [0.1, 0.15) is 21.5 Å². The Morgan fingerprint density at radius 2 is 1.61 bits per heavy atom. The van der Waals surface area contributed by atoms with Crippen LogP contribution in [0.3, 0.4) is 0 Å². The Morgan fingerprint density at radius 3 is 2.25 bits per heavy atom. The number of rotatable bonds is 5. The Kier molecular flexibility index (Phi) is 6.40. The molecule has 0 unspecified atom stereocenters. The Labute approximate surface area is 158 Å². The predicted molar refractivity (Wildman–Crippen MR) is 96.0 cm³/mol. The predicted octanol–water partition coefficient (Wildman–Crippen LogP) is 3.60. The summed E-state index contributed by atoms with van der Waals surface area (Å²) in [5.74, 6) is -3.65. The van der Waals surface area contributed by atoms with Gasteiger partial charge in [0, 0.05) is 11.4 Å². The van der Waals surface area contributed by atoms with Crippen LogP contribution in [0, 0.1) is 13.8 Å². The third-order valence-corrected chi connectivity index (χ3v) is 3.74. The Balaban J connectivity index is 1.93. The van der Waals surface area contributed by atoms with Crippen molar-refractivity contribution in [3.8, 4) is 0 Å². The van der Waals surface area contributed by atoms with Crippen molar-refractivity contribution in [1.29, 1.82) is 0 Å². The largest absolute Gasteiger partial charge is 0.471 e. The minimum Gasteiger partial charge on any atom is -0.452 e. The molecule has 2 N–H and O–H groups in total. The highest BCUT2D eigenvalue weighted by atomic mass is 19.4. The second-order valence-corrected chi connectivity index (χ2v) is 5.96. The van der Waals surface area contributed by atoms with Gasteiger partial charge in [0.25, 0.3) is 5.91 Å². The average Bonchev–Trinajstić information content (AvgIpc) is 2.62. The summed E-state index contributed by atoms with van der Waals surface area (Å²) in [4.78, 5) is 34.8. The first-order valence-electron chi connectivity index (χ1n) is 8.09. The summed E-state index contributed by atoms with van der Waals surface area (Å²) in [6.07, 6.45) is -5.05. The zero-order chi connectivity index (χ0) is 20.9. The van der Waals surface area contributed by atoms with Crippen molar-refractivity contribution in [3.63, 3.8) is 0 Å². The number of benzene rings is 2. The topological polar surface area (TPSA) is 84.5 Å². The molecule has 2 aromatic rings. The lowest BCUT2D eigenvalue weighted by Gasteiger charge is -2.10. The van der Waals surface area contributed by atoms with Crippen LogP contribution < -0.4 is 10.6 Å². The molecule has 0 aromatic heterocycles. The normalized spacial score (nSPS) is 10.9. The van der Waals surface area contributed by atoms with E-state index in [1.165, 1.54) is 18.2 Å². The third-order valence-electron chi connectivity index (χ3n) is 3.74. The number of nitrogens with one attached hydrogen (secondary N) is 2. The van der Waals surface area contributed by atoms with Gasteiger partial charge in [-0.2, -0.15) is 13.2 Å². The van der Waals surface area contributed by atoms with Crippen molar-refractivity contribution in [2.24, 2.45) is 0 Å². The van der Waals surface area contributed by atoms with E-state index in [1.54, 1.807) is 17.4 Å². The molecular weight excluding hydrogens is 377 g/mol. The Bertz CT molecular complexity index is 910. The summed E-state index contributed by atoms with van der Waals surface area (Å²) in [6.45, 7) is 3.23. The first kappa shape index (κ1) is 20.9. The number of carbonyl (C=O) groups excluding carboxylic acids is 3. The first-order chi connectivity index (χ1) is 13.1. The van der Waals surface area contributed by atoms with Crippen LogP contribution in [-0.4, -0.2) is 30.6 Å². The van der Waals surface area contributed by atoms with Crippen LogP contribution in [0.2, 0.25) is 0 Å². The maximum atomic E-state index is 12.3. The molecule has 0 aliphatic heterocycles. The van der Waals surface area contributed by atoms with Gasteiger partial charge in [0.05, 0.1) is 5.56 Å². The van der Waals surface area contributed by atoms with E-state index in [2.05, 4.69) is 5.32 Å². The van der Waals surface area contributed by atoms with E-state index < -0.39 is 30.6 Å². The molecule has 2 amide bonds. The summed E-state index contributed by atoms with van der Waals surface area (Å²) in [7, 11) is 0. The smallest absolute Gasteiger partial charge is 0.452 e. The number of hydrogen-bond acceptors (Lipinski definition) is 4. The van der Waals surface area contributed by atoms with Crippen LogP contribution in [0.5, 0.6) is 0 Å². The van der Waals surface area contributed by atoms with Crippen LogP contribution in [0.4, 0.5) is 24.5 Å². The van der Waals surface area contributed by atoms with E-state index in [0.717, 1.165) is 17.2 Å². The van der Waals surface area contributed by atoms with Crippen LogP contribution in [0.25, 0.3) is 0 Å². The number of esters is 1. The average molecular weight is 394 g/mol. The molecule has 0 aliphatic carbocycles. The zero-order valence-electron chi connectivity index (χ0n) is 15.0. The molecular formula is C19H17F3N2O4. The number of ether oxygens (including phenoxy) is 1. The van der Waals surface area contributed by atoms with Crippen molar-refractivity contribution < 1.29 is 32.3 Å². The number of aryl methyl sites for hydroxylation is 2. The number of amides is 2. The second kappa shape index (κ2) is 8.55. The van der Waals surface area contributed by atoms with Crippen molar-refractivity contribution in [1.82, 2.24) is 0 Å². The SMILES string of the molecule is Cc1ccc(NC(=O)COC(=O)c2cccc(NC(=O)C(F)(F)F)c2)cc1C. The van der Waals surface area contributed by atoms with Gasteiger partial charge in [-0.3, -0.25) is 9.59 Å². The standard InChI is InChI=1S/C19H17F3N2O4/c1-11-6-7-15(8-12(11)2)23-16(25)10-28-17(26)13-4-3-5-14(9-13)24-18(27)19(20,21)22/h3-9H,10H2,1-2H3,(H,23,25)(H,24,27). The van der Waals surface area contributed by atoms with Crippen molar-refractivity contribution >= 4 is 29.2 Å². The lowest BCUT2D eigenvalue weighted by Crippen LogP contribution is -2.30. The molecule has 0 spiro atoms. The fourth-order valence-corrected chi connectivity index (χ4v) is 2.16. The Hall–Kier alpha value is -3.36. The van der Waals surface area contributed by atoms with Gasteiger partial charge in [0.15, 0.2) is 6.61 Å². The zero-order valence-corrected chi connectivity index (χ0v) is 15.0. The summed E-state index contributed by atoms with van der Waals surface area (Å²) in [6, 6.07) is 10.1. The molecule has 0 atom stereocenters. The van der Waals surface area contributed by atoms with E-state index >= 15 is 0 Å². The van der Waals surface area contributed by atoms with E-state index in [1.807, 2.05) is 19.9 Å². The van der Waals surface area contributed by atoms with Gasteiger partial charge in [0.1, 0.15) is 0 Å². The molecule has 28 heavy (non-hydrogen) atoms. The number of halogens is 3. The molecule has 2 aromatic carbocycles. The molecule has 0 saturated carbocycles. The molecule has 148 valence electrons. The van der Waals surface area contributed by atoms with Crippen molar-refractivity contribution in [2.45, 2.75) is 20.0 Å². The van der Waals surface area contributed by atoms with E-state index in [-0.39, 0.29) is 11.3 Å². The lowest BCUT2D eigenvalue weighted by atomic mass is 10.1. The summed E-state index contributed by atoms with van der Waals surface area (Å²) < 4.78 is 41.7. The fraction of sp³-hybridized carbons (Fsp3) is 0.211. The molecule has 0 radical (unpaired) electrons. The lowest BCUT2D eigenvalue weighted by molar-refractivity contribution is -0.167. The van der Waals surface area contributed by atoms with Gasteiger partial charge < -0.3 is 15.4 Å². The van der Waals surface area contributed by atoms with Gasteiger partial charge >= 0.3 is 18.1 Å². The van der Waals surface area contributed by atoms with Crippen LogP contribution in [-0.2, 0) is 14.3 Å². The van der Waals surface area contributed by atoms with Crippen LogP contribution >= 0.6 is 0 Å². The molecule has 0 aliphatic rings. The molecule has 9 heteroatoms. The monoisotopic (exact) mass is 394 g/mol. The number of hydrogen-bond donors (Lipinski definition) is 2. The van der Waals surface area contributed by atoms with Gasteiger partial charge in [-0.25, -0.2) is 4.79 Å². The van der Waals surface area contributed by atoms with Gasteiger partial charge in [0.2, 0.25) is 0 Å². The molecule has 6 nitrogen and oxygen atoms in total. The molecule has 0 fully saturated rings. The maximum Gasteiger partial charge on any atom is 0.471 e. The summed E-state index contributed by atoms with van der Waals surface area (Å²) >= 11 is 0. The summed E-state index contributed by atoms with van der Waals surface area (Å²) in [5.41, 5.74) is 2.24. The maximum absolute atomic E-state index is 12.3. The van der Waals surface area contributed by atoms with E-state index in [4.69, 9.17) is 4.74 Å². The molecule has 2 rings (SSSR count). The van der Waals surface area contributed by atoms with Gasteiger partial charge in [-0.1, -0.05) is 12.1 Å². The number of anilines is 2. The quantitative estimate of drug-likeness (QED) is 0.759. The fourth-order valence-electron chi connectivity index (χ4n) is 2.16. The number of alkyl halides is 3.